The maximum atomic E-state index is 11.9. The lowest BCUT2D eigenvalue weighted by Gasteiger charge is -2.02. The van der Waals surface area contributed by atoms with E-state index < -0.39 is 6.43 Å². The summed E-state index contributed by atoms with van der Waals surface area (Å²) in [6.07, 6.45) is -2.34. The molecule has 0 spiro atoms. The van der Waals surface area contributed by atoms with E-state index >= 15 is 0 Å². The lowest BCUT2D eigenvalue weighted by molar-refractivity contribution is 0.176. The van der Waals surface area contributed by atoms with Gasteiger partial charge in [-0.15, -0.1) is 5.10 Å². The summed E-state index contributed by atoms with van der Waals surface area (Å²) in [6.45, 7) is 1.28. The Balaban J connectivity index is 2.45. The summed E-state index contributed by atoms with van der Waals surface area (Å²) in [5.41, 5.74) is 0. The molecule has 0 saturated carbocycles. The van der Waals surface area contributed by atoms with Crippen molar-refractivity contribution in [3.8, 4) is 0 Å². The second-order valence-electron chi connectivity index (χ2n) is 2.49. The molecule has 0 aliphatic rings. The average molecular weight is 223 g/mol. The van der Waals surface area contributed by atoms with Crippen LogP contribution in [0, 0.1) is 0 Å². The van der Waals surface area contributed by atoms with Crippen molar-refractivity contribution in [2.45, 2.75) is 18.1 Å². The van der Waals surface area contributed by atoms with E-state index in [2.05, 4.69) is 20.8 Å². The fraction of sp³-hybridized carbons (Fsp3) is 0.833. The summed E-state index contributed by atoms with van der Waals surface area (Å²) in [7, 11) is 1.80. The first kappa shape index (κ1) is 11.3. The highest BCUT2D eigenvalue weighted by atomic mass is 32.2. The molecule has 0 aromatic carbocycles. The first-order valence-electron chi connectivity index (χ1n) is 4.05. The Labute approximate surface area is 84.2 Å². The Morgan fingerprint density at radius 2 is 2.36 bits per heavy atom. The van der Waals surface area contributed by atoms with Gasteiger partial charge in [0, 0.05) is 6.54 Å². The summed E-state index contributed by atoms with van der Waals surface area (Å²) in [5.74, 6) is -0.278. The molecule has 14 heavy (non-hydrogen) atoms. The zero-order valence-corrected chi connectivity index (χ0v) is 8.47. The molecular formula is C6H11F2N5S. The zero-order valence-electron chi connectivity index (χ0n) is 7.65. The van der Waals surface area contributed by atoms with Gasteiger partial charge in [-0.25, -0.2) is 13.5 Å². The van der Waals surface area contributed by atoms with Gasteiger partial charge < -0.3 is 5.32 Å². The smallest absolute Gasteiger partial charge is 0.248 e. The number of alkyl halides is 2. The quantitative estimate of drug-likeness (QED) is 0.701. The molecule has 80 valence electrons. The Hall–Kier alpha value is -0.760. The molecule has 0 aliphatic carbocycles. The van der Waals surface area contributed by atoms with Crippen LogP contribution in [-0.2, 0) is 6.54 Å². The van der Waals surface area contributed by atoms with Gasteiger partial charge in [0.25, 0.3) is 0 Å². The van der Waals surface area contributed by atoms with Crippen molar-refractivity contribution in [1.29, 1.82) is 0 Å². The number of hydrogen-bond donors (Lipinski definition) is 1. The second-order valence-corrected chi connectivity index (χ2v) is 3.48. The minimum atomic E-state index is -2.34. The van der Waals surface area contributed by atoms with Crippen molar-refractivity contribution >= 4 is 11.8 Å². The van der Waals surface area contributed by atoms with E-state index in [1.165, 1.54) is 4.68 Å². The highest BCUT2D eigenvalue weighted by Crippen LogP contribution is 2.16. The Kier molecular flexibility index (Phi) is 4.74. The number of tetrazole rings is 1. The van der Waals surface area contributed by atoms with Crippen molar-refractivity contribution in [2.24, 2.45) is 0 Å². The van der Waals surface area contributed by atoms with Crippen LogP contribution < -0.4 is 5.32 Å². The zero-order chi connectivity index (χ0) is 10.4. The van der Waals surface area contributed by atoms with Crippen LogP contribution in [0.15, 0.2) is 5.16 Å². The Morgan fingerprint density at radius 1 is 1.57 bits per heavy atom. The number of nitrogens with one attached hydrogen (secondary N) is 1. The Morgan fingerprint density at radius 3 is 3.00 bits per heavy atom. The normalized spacial score (nSPS) is 11.1. The summed E-state index contributed by atoms with van der Waals surface area (Å²) in [6, 6.07) is 0. The van der Waals surface area contributed by atoms with Crippen LogP contribution in [0.4, 0.5) is 8.78 Å². The van der Waals surface area contributed by atoms with Crippen LogP contribution in [0.3, 0.4) is 0 Å². The number of rotatable bonds is 6. The molecule has 5 nitrogen and oxygen atoms in total. The molecule has 1 heterocycles. The molecule has 0 amide bonds. The van der Waals surface area contributed by atoms with Crippen molar-refractivity contribution in [1.82, 2.24) is 25.5 Å². The third-order valence-electron chi connectivity index (χ3n) is 1.41. The second kappa shape index (κ2) is 5.86. The van der Waals surface area contributed by atoms with E-state index in [1.807, 2.05) is 0 Å². The molecule has 0 fully saturated rings. The van der Waals surface area contributed by atoms with E-state index in [-0.39, 0.29) is 5.75 Å². The van der Waals surface area contributed by atoms with Crippen LogP contribution in [0.25, 0.3) is 0 Å². The molecule has 8 heteroatoms. The topological polar surface area (TPSA) is 55.6 Å². The van der Waals surface area contributed by atoms with Gasteiger partial charge >= 0.3 is 0 Å². The van der Waals surface area contributed by atoms with Gasteiger partial charge in [-0.3, -0.25) is 0 Å². The first-order chi connectivity index (χ1) is 6.74. The molecule has 1 rings (SSSR count). The number of aromatic nitrogens is 4. The van der Waals surface area contributed by atoms with Crippen molar-refractivity contribution in [3.63, 3.8) is 0 Å². The van der Waals surface area contributed by atoms with E-state index in [0.717, 1.165) is 11.8 Å². The van der Waals surface area contributed by atoms with Gasteiger partial charge in [0.15, 0.2) is 0 Å². The molecule has 0 atom stereocenters. The average Bonchev–Trinajstić information content (AvgIpc) is 2.58. The number of nitrogens with zero attached hydrogens (tertiary/aromatic N) is 4. The summed E-state index contributed by atoms with van der Waals surface area (Å²) in [5, 5.41) is 14.1. The van der Waals surface area contributed by atoms with Crippen LogP contribution in [0.1, 0.15) is 0 Å². The minimum absolute atomic E-state index is 0.278. The van der Waals surface area contributed by atoms with Crippen LogP contribution in [-0.4, -0.2) is 46.0 Å². The largest absolute Gasteiger partial charge is 0.318 e. The van der Waals surface area contributed by atoms with Crippen molar-refractivity contribution in [3.05, 3.63) is 0 Å². The summed E-state index contributed by atoms with van der Waals surface area (Å²) in [4.78, 5) is 0. The fourth-order valence-electron chi connectivity index (χ4n) is 0.795. The van der Waals surface area contributed by atoms with Gasteiger partial charge in [-0.2, -0.15) is 0 Å². The molecule has 1 N–H and O–H groups in total. The number of hydrogen-bond acceptors (Lipinski definition) is 5. The molecule has 0 saturated heterocycles. The molecule has 0 bridgehead atoms. The lowest BCUT2D eigenvalue weighted by atomic mass is 10.6. The van der Waals surface area contributed by atoms with E-state index in [0.29, 0.717) is 18.2 Å². The predicted octanol–water partition coefficient (Wildman–Crippen LogP) is 0.250. The number of halogens is 2. The third kappa shape index (κ3) is 3.54. The van der Waals surface area contributed by atoms with Gasteiger partial charge in [0.1, 0.15) is 0 Å². The van der Waals surface area contributed by atoms with Gasteiger partial charge in [0.2, 0.25) is 11.6 Å². The maximum Gasteiger partial charge on any atom is 0.248 e. The third-order valence-corrected chi connectivity index (χ3v) is 2.38. The molecule has 0 radical (unpaired) electrons. The minimum Gasteiger partial charge on any atom is -0.318 e. The van der Waals surface area contributed by atoms with Gasteiger partial charge in [-0.05, 0) is 17.5 Å². The first-order valence-corrected chi connectivity index (χ1v) is 5.04. The summed E-state index contributed by atoms with van der Waals surface area (Å²) < 4.78 is 25.3. The monoisotopic (exact) mass is 223 g/mol. The highest BCUT2D eigenvalue weighted by Gasteiger charge is 2.09. The standard InChI is InChI=1S/C6H11F2N5S/c1-9-2-3-13-6(10-11-12-13)14-4-5(7)8/h5,9H,2-4H2,1H3. The predicted molar refractivity (Wildman–Crippen MR) is 48.5 cm³/mol. The lowest BCUT2D eigenvalue weighted by Crippen LogP contribution is -2.16. The molecule has 1 aromatic rings. The van der Waals surface area contributed by atoms with Crippen LogP contribution in [0.5, 0.6) is 0 Å². The van der Waals surface area contributed by atoms with Gasteiger partial charge in [0.05, 0.1) is 12.3 Å². The SMILES string of the molecule is CNCCn1nnnc1SCC(F)F. The van der Waals surface area contributed by atoms with E-state index in [9.17, 15) is 8.78 Å². The number of thioether (sulfide) groups is 1. The Bertz CT molecular complexity index is 266. The summed E-state index contributed by atoms with van der Waals surface area (Å²) >= 11 is 0.961. The van der Waals surface area contributed by atoms with Gasteiger partial charge in [-0.1, -0.05) is 11.8 Å². The van der Waals surface area contributed by atoms with Crippen molar-refractivity contribution < 1.29 is 8.78 Å². The van der Waals surface area contributed by atoms with Crippen LogP contribution in [0.2, 0.25) is 0 Å². The molecule has 0 aliphatic heterocycles. The molecule has 0 unspecified atom stereocenters. The number of likely N-dealkylation sites (N-methyl/N-ethyl adjacent to an activating group) is 1. The van der Waals surface area contributed by atoms with Crippen LogP contribution >= 0.6 is 11.8 Å². The maximum absolute atomic E-state index is 11.9. The molecule has 1 aromatic heterocycles. The van der Waals surface area contributed by atoms with E-state index in [1.54, 1.807) is 7.05 Å². The molecular weight excluding hydrogens is 212 g/mol. The van der Waals surface area contributed by atoms with E-state index in [4.69, 9.17) is 0 Å². The highest BCUT2D eigenvalue weighted by molar-refractivity contribution is 7.99. The fourth-order valence-corrected chi connectivity index (χ4v) is 1.44. The van der Waals surface area contributed by atoms with Crippen molar-refractivity contribution in [2.75, 3.05) is 19.3 Å².